The summed E-state index contributed by atoms with van der Waals surface area (Å²) in [6.45, 7) is 20.7. The van der Waals surface area contributed by atoms with Gasteiger partial charge in [0.05, 0.1) is 0 Å². The molecule has 20 heteroatoms. The van der Waals surface area contributed by atoms with Crippen molar-refractivity contribution >= 4 is 51.9 Å². The van der Waals surface area contributed by atoms with E-state index < -0.39 is 0 Å². The zero-order chi connectivity index (χ0) is 71.2. The van der Waals surface area contributed by atoms with Crippen molar-refractivity contribution in [3.8, 4) is 5.75 Å². The number of amides is 5. The highest BCUT2D eigenvalue weighted by molar-refractivity contribution is 5.84. The van der Waals surface area contributed by atoms with Crippen molar-refractivity contribution in [1.82, 2.24) is 56.1 Å². The Morgan fingerprint density at radius 1 is 0.562 bits per heavy atom. The summed E-state index contributed by atoms with van der Waals surface area (Å²) < 4.78 is 0. The van der Waals surface area contributed by atoms with E-state index in [0.29, 0.717) is 50.2 Å². The second-order valence-electron chi connectivity index (χ2n) is 24.9. The van der Waals surface area contributed by atoms with Crippen LogP contribution in [0.4, 0.5) is 5.69 Å². The van der Waals surface area contributed by atoms with Crippen LogP contribution in [0.15, 0.2) is 91.3 Å². The van der Waals surface area contributed by atoms with Crippen molar-refractivity contribution in [1.29, 1.82) is 0 Å². The number of likely N-dealkylation sites (N-methyl/N-ethyl adjacent to an activating group) is 10. The van der Waals surface area contributed by atoms with Crippen LogP contribution in [-0.4, -0.2) is 212 Å². The van der Waals surface area contributed by atoms with Gasteiger partial charge in [0.25, 0.3) is 0 Å². The number of hydrogen-bond donors (Lipinski definition) is 9. The molecule has 10 N–H and O–H groups in total. The van der Waals surface area contributed by atoms with Gasteiger partial charge in [-0.15, -0.1) is 0 Å². The normalized spacial score (nSPS) is 11.8. The predicted octanol–water partition coefficient (Wildman–Crippen LogP) is 12.1. The van der Waals surface area contributed by atoms with E-state index in [1.54, 1.807) is 33.8 Å². The molecule has 5 amide bonds. The van der Waals surface area contributed by atoms with Gasteiger partial charge < -0.3 is 72.2 Å². The van der Waals surface area contributed by atoms with E-state index >= 15 is 0 Å². The van der Waals surface area contributed by atoms with Crippen molar-refractivity contribution in [2.45, 2.75) is 169 Å². The molecule has 0 saturated carbocycles. The molecule has 0 spiro atoms. The number of nitrogens with zero attached hydrogens (tertiary/aromatic N) is 5. The van der Waals surface area contributed by atoms with Crippen LogP contribution in [-0.2, 0) is 41.6 Å². The smallest absolute Gasteiger partial charge is 0.222 e. The predicted molar refractivity (Wildman–Crippen MR) is 416 cm³/mol. The summed E-state index contributed by atoms with van der Waals surface area (Å²) in [5, 5.41) is 28.9. The largest absolute Gasteiger partial charge is 0.508 e. The summed E-state index contributed by atoms with van der Waals surface area (Å²) in [5.74, 6) is 2.42. The number of aromatic amines is 1. The molecule has 2 heterocycles. The summed E-state index contributed by atoms with van der Waals surface area (Å²) in [6, 6.07) is 23.5. The fraction of sp³-hybridized carbons (Fsp3) is 0.632. The van der Waals surface area contributed by atoms with E-state index in [1.807, 2.05) is 124 Å². The Balaban J connectivity index is -0.000000173. The van der Waals surface area contributed by atoms with Gasteiger partial charge >= 0.3 is 0 Å². The van der Waals surface area contributed by atoms with E-state index in [-0.39, 0.29) is 57.2 Å². The highest BCUT2D eigenvalue weighted by atomic mass is 16.3. The first kappa shape index (κ1) is 91.2. The molecule has 0 radical (unpaired) electrons. The number of phenolic OH excluding ortho intramolecular Hbond substituents is 1. The Hall–Kier alpha value is -6.84. The molecule has 0 saturated heterocycles. The van der Waals surface area contributed by atoms with Gasteiger partial charge in [-0.2, -0.15) is 0 Å². The number of nitrogens with two attached hydrogens (primary N) is 1. The third-order valence-electron chi connectivity index (χ3n) is 16.7. The van der Waals surface area contributed by atoms with E-state index in [9.17, 15) is 28.8 Å². The maximum absolute atomic E-state index is 12.0. The van der Waals surface area contributed by atoms with Crippen LogP contribution in [0, 0.1) is 5.92 Å². The minimum atomic E-state index is 0. The minimum absolute atomic E-state index is 0. The first-order chi connectivity index (χ1) is 45.5. The second kappa shape index (κ2) is 58.3. The molecule has 0 fully saturated rings. The van der Waals surface area contributed by atoms with Crippen LogP contribution in [0.3, 0.4) is 0 Å². The van der Waals surface area contributed by atoms with Crippen molar-refractivity contribution in [3.05, 3.63) is 108 Å². The fourth-order valence-electron chi connectivity index (χ4n) is 9.79. The number of hydrogen-bond acceptors (Lipinski definition) is 14. The maximum Gasteiger partial charge on any atom is 0.222 e. The highest BCUT2D eigenvalue weighted by Crippen LogP contribution is 2.34. The SMILES string of the molecule is C.C=C(N)CCCCCC(=O)N(C)CCNC.CCCCCC(C)C(C)=O.CCCCCCC(=O)N(C)CCNC.CNCCN(C)C(=O)CCC1CNc2ccccc21.CNCCN(C)C(=O)CCc1c[nH]c2ccccc12.CNCCN(C)C(=O)CCc1ccc(O)cc1.[2HH].[2HH].[2HH].[2HH].[2HH].[2HH]. The first-order valence-corrected chi connectivity index (χ1v) is 35.1. The van der Waals surface area contributed by atoms with Crippen LogP contribution in [0.25, 0.3) is 10.9 Å². The van der Waals surface area contributed by atoms with Gasteiger partial charge in [-0.1, -0.05) is 128 Å². The number of benzene rings is 3. The van der Waals surface area contributed by atoms with Gasteiger partial charge in [0.2, 0.25) is 29.5 Å². The average Bonchev–Trinajstić information content (AvgIpc) is 1.70. The number of allylic oxidation sites excluding steroid dienone is 1. The number of nitrogens with one attached hydrogen (secondary N) is 7. The summed E-state index contributed by atoms with van der Waals surface area (Å²) >= 11 is 0. The number of anilines is 1. The minimum Gasteiger partial charge on any atom is -0.508 e. The molecule has 1 aliphatic rings. The molecule has 0 bridgehead atoms. The number of carbonyl (C=O) groups excluding carboxylic acids is 6. The lowest BCUT2D eigenvalue weighted by Gasteiger charge is -2.18. The number of carbonyl (C=O) groups is 6. The molecule has 558 valence electrons. The fourth-order valence-corrected chi connectivity index (χ4v) is 9.79. The average molecular weight is 1360 g/mol. The standard InChI is InChI=1S/C15H23N3O.C15H21N3O.C13H20N2O2.C12H25N3O.C11H24N2O.C9H18O.CH4.6H2/c2*1-16-9-10-18(2)15(19)8-7-12-11-17-14-6-4-3-5-13(12)14;1-14-9-10-15(2)13(17)8-5-11-3-6-12(16)7-4-11;1-11(13)7-5-4-6-8-12(16)15(3)10-9-14-2;1-4-5-6-7-8-11(14)13(3)10-9-12-2;1-4-5-6-7-8(2)9(3)10;;;;;;;/h3-6,12,16-17H,7-11H2,1-2H3;3-6,11,16-17H,7-10H2,1-2H3;3-4,6-7,14,16H,5,8-10H2,1-2H3;14H,1,4-10,13H2,2-3H3;12H,4-10H2,1-3H3;8H,4-7H2,1-3H3;1H4;6*1H/i;;;;;;;6*1+1. The molecule has 1 aromatic heterocycles. The second-order valence-corrected chi connectivity index (χ2v) is 24.9. The van der Waals surface area contributed by atoms with Crippen molar-refractivity contribution in [3.63, 3.8) is 0 Å². The Bertz CT molecular complexity index is 2700. The van der Waals surface area contributed by atoms with Crippen LogP contribution in [0.2, 0.25) is 0 Å². The number of fused-ring (bicyclic) bond motifs is 2. The number of aromatic nitrogens is 1. The van der Waals surface area contributed by atoms with Crippen LogP contribution < -0.4 is 37.6 Å². The number of unbranched alkanes of at least 4 members (excludes halogenated alkanes) is 7. The Labute approximate surface area is 590 Å². The summed E-state index contributed by atoms with van der Waals surface area (Å²) in [6.07, 6.45) is 20.8. The lowest BCUT2D eigenvalue weighted by Crippen LogP contribution is -2.32. The molecule has 4 aromatic rings. The number of aromatic hydroxyl groups is 1. The zero-order valence-corrected chi connectivity index (χ0v) is 61.5. The van der Waals surface area contributed by atoms with Gasteiger partial charge in [-0.05, 0) is 134 Å². The van der Waals surface area contributed by atoms with Gasteiger partial charge in [0, 0.05) is 188 Å². The molecule has 2 atom stereocenters. The summed E-state index contributed by atoms with van der Waals surface area (Å²) in [7, 11) is 18.7. The number of phenols is 1. The topological polar surface area (TPSA) is 253 Å². The van der Waals surface area contributed by atoms with Crippen molar-refractivity contribution in [2.75, 3.05) is 148 Å². The third-order valence-corrected chi connectivity index (χ3v) is 16.7. The molecule has 0 aliphatic carbocycles. The van der Waals surface area contributed by atoms with Crippen LogP contribution in [0.5, 0.6) is 5.75 Å². The molecule has 96 heavy (non-hydrogen) atoms. The molecule has 3 aromatic carbocycles. The zero-order valence-electron chi connectivity index (χ0n) is 61.5. The third kappa shape index (κ3) is 44.1. The van der Waals surface area contributed by atoms with Gasteiger partial charge in [0.1, 0.15) is 11.5 Å². The van der Waals surface area contributed by atoms with Gasteiger partial charge in [-0.25, -0.2) is 0 Å². The quantitative estimate of drug-likeness (QED) is 0.0188. The Morgan fingerprint density at radius 3 is 1.45 bits per heavy atom. The van der Waals surface area contributed by atoms with Gasteiger partial charge in [0.15, 0.2) is 0 Å². The van der Waals surface area contributed by atoms with Gasteiger partial charge in [-0.3, -0.25) is 28.8 Å². The molecular formula is C76H147N13O7. The number of para-hydroxylation sites is 2. The summed E-state index contributed by atoms with van der Waals surface area (Å²) in [5.41, 5.74) is 12.2. The summed E-state index contributed by atoms with van der Waals surface area (Å²) in [4.78, 5) is 81.7. The molecule has 1 aliphatic heterocycles. The lowest BCUT2D eigenvalue weighted by atomic mass is 9.96. The number of rotatable bonds is 40. The number of aryl methyl sites for hydroxylation is 2. The van der Waals surface area contributed by atoms with Crippen LogP contribution in [0.1, 0.15) is 182 Å². The highest BCUT2D eigenvalue weighted by Gasteiger charge is 2.23. The number of H-pyrrole nitrogens is 1. The van der Waals surface area contributed by atoms with E-state index in [4.69, 9.17) is 10.8 Å². The van der Waals surface area contributed by atoms with Crippen molar-refractivity contribution < 1.29 is 42.4 Å². The Kier molecular flexibility index (Phi) is 55.4. The molecule has 5 rings (SSSR count). The maximum atomic E-state index is 12.0. The monoisotopic (exact) mass is 1360 g/mol. The molecular weight excluding hydrogens is 1210 g/mol. The van der Waals surface area contributed by atoms with E-state index in [0.717, 1.165) is 140 Å². The lowest BCUT2D eigenvalue weighted by molar-refractivity contribution is -0.130. The molecule has 2 unspecified atom stereocenters. The van der Waals surface area contributed by atoms with E-state index in [2.05, 4.69) is 87.6 Å². The van der Waals surface area contributed by atoms with E-state index in [1.165, 1.54) is 60.7 Å². The van der Waals surface area contributed by atoms with Crippen LogP contribution >= 0.6 is 0 Å². The Morgan fingerprint density at radius 2 is 0.979 bits per heavy atom. The number of ketones is 1. The van der Waals surface area contributed by atoms with Crippen molar-refractivity contribution in [2.24, 2.45) is 11.7 Å². The number of Topliss-reactive ketones (excluding diaryl/α,β-unsaturated/α-hetero) is 1. The molecule has 20 nitrogen and oxygen atoms in total. The first-order valence-electron chi connectivity index (χ1n) is 35.1.